The number of benzene rings is 3. The van der Waals surface area contributed by atoms with Gasteiger partial charge in [-0.1, -0.05) is 56.0 Å². The van der Waals surface area contributed by atoms with E-state index in [0.717, 1.165) is 35.5 Å². The van der Waals surface area contributed by atoms with Gasteiger partial charge in [0.1, 0.15) is 5.75 Å². The number of imidazole rings is 1. The fourth-order valence-electron chi connectivity index (χ4n) is 4.88. The number of nitrogens with zero attached hydrogens (tertiary/aromatic N) is 3. The summed E-state index contributed by atoms with van der Waals surface area (Å²) in [5, 5.41) is 2.42. The highest BCUT2D eigenvalue weighted by Crippen LogP contribution is 2.37. The van der Waals surface area contributed by atoms with Crippen LogP contribution >= 0.6 is 0 Å². The van der Waals surface area contributed by atoms with Crippen molar-refractivity contribution in [2.24, 2.45) is 0 Å². The zero-order valence-corrected chi connectivity index (χ0v) is 19.2. The van der Waals surface area contributed by atoms with Crippen LogP contribution in [0, 0.1) is 0 Å². The normalized spacial score (nSPS) is 14.8. The van der Waals surface area contributed by atoms with Gasteiger partial charge < -0.3 is 18.9 Å². The van der Waals surface area contributed by atoms with Gasteiger partial charge in [-0.05, 0) is 47.9 Å². The van der Waals surface area contributed by atoms with Gasteiger partial charge in [-0.3, -0.25) is 0 Å². The first kappa shape index (κ1) is 21.3. The van der Waals surface area contributed by atoms with Crippen LogP contribution in [0.3, 0.4) is 0 Å². The lowest BCUT2D eigenvalue weighted by Gasteiger charge is -2.25. The lowest BCUT2D eigenvalue weighted by molar-refractivity contribution is 0.121. The van der Waals surface area contributed by atoms with Crippen LogP contribution in [-0.4, -0.2) is 29.9 Å². The minimum atomic E-state index is -0.731. The lowest BCUT2D eigenvalue weighted by atomic mass is 10.1. The van der Waals surface area contributed by atoms with Gasteiger partial charge in [-0.25, -0.2) is 9.78 Å². The fourth-order valence-corrected chi connectivity index (χ4v) is 4.88. The van der Waals surface area contributed by atoms with E-state index in [9.17, 15) is 4.79 Å². The molecule has 1 fully saturated rings. The van der Waals surface area contributed by atoms with Gasteiger partial charge in [0.05, 0.1) is 18.1 Å². The van der Waals surface area contributed by atoms with Gasteiger partial charge >= 0.3 is 6.16 Å². The predicted octanol–water partition coefficient (Wildman–Crippen LogP) is 7.00. The number of anilines is 2. The molecule has 3 aromatic carbocycles. The molecule has 0 amide bonds. The number of methoxy groups -OCH3 is 1. The third kappa shape index (κ3) is 4.25. The highest BCUT2D eigenvalue weighted by molar-refractivity contribution is 5.87. The van der Waals surface area contributed by atoms with Crippen LogP contribution in [0.4, 0.5) is 16.4 Å². The van der Waals surface area contributed by atoms with E-state index in [2.05, 4.69) is 63.7 Å². The van der Waals surface area contributed by atoms with E-state index in [4.69, 9.17) is 9.72 Å². The van der Waals surface area contributed by atoms with Crippen LogP contribution in [-0.2, 0) is 4.74 Å². The van der Waals surface area contributed by atoms with E-state index >= 15 is 0 Å². The number of ether oxygens (including phenoxy) is 2. The number of carbonyl (C=O) groups is 1. The second-order valence-electron chi connectivity index (χ2n) is 8.72. The average molecular weight is 444 g/mol. The first-order valence-electron chi connectivity index (χ1n) is 11.6. The molecule has 0 saturated heterocycles. The van der Waals surface area contributed by atoms with E-state index in [0.29, 0.717) is 11.8 Å². The number of hydrogen-bond acceptors (Lipinski definition) is 5. The van der Waals surface area contributed by atoms with Crippen molar-refractivity contribution < 1.29 is 14.3 Å². The van der Waals surface area contributed by atoms with Gasteiger partial charge in [-0.15, -0.1) is 0 Å². The minimum absolute atomic E-state index is 0.391. The first-order valence-corrected chi connectivity index (χ1v) is 11.6. The molecular weight excluding hydrogens is 414 g/mol. The Labute approximate surface area is 193 Å². The second-order valence-corrected chi connectivity index (χ2v) is 8.72. The van der Waals surface area contributed by atoms with Crippen LogP contribution in [0.25, 0.3) is 21.8 Å². The zero-order chi connectivity index (χ0) is 22.8. The maximum Gasteiger partial charge on any atom is 0.513 e. The largest absolute Gasteiger partial charge is 0.513 e. The monoisotopic (exact) mass is 443 g/mol. The van der Waals surface area contributed by atoms with E-state index in [1.165, 1.54) is 43.6 Å². The van der Waals surface area contributed by atoms with Crippen molar-refractivity contribution in [3.8, 4) is 5.75 Å². The quantitative estimate of drug-likeness (QED) is 0.193. The van der Waals surface area contributed by atoms with E-state index < -0.39 is 6.16 Å². The van der Waals surface area contributed by atoms with Crippen molar-refractivity contribution in [1.29, 1.82) is 0 Å². The Kier molecular flexibility index (Phi) is 5.90. The molecule has 1 aliphatic carbocycles. The van der Waals surface area contributed by atoms with Crippen LogP contribution in [0.5, 0.6) is 5.75 Å². The Hall–Kier alpha value is -3.54. The zero-order valence-electron chi connectivity index (χ0n) is 19.2. The Balaban J connectivity index is 1.61. The lowest BCUT2D eigenvalue weighted by Crippen LogP contribution is -2.19. The van der Waals surface area contributed by atoms with Crippen molar-refractivity contribution in [2.45, 2.75) is 44.6 Å². The summed E-state index contributed by atoms with van der Waals surface area (Å²) in [6.07, 6.45) is 6.59. The van der Waals surface area contributed by atoms with Crippen molar-refractivity contribution in [3.05, 3.63) is 60.7 Å². The van der Waals surface area contributed by atoms with E-state index in [1.807, 2.05) is 18.2 Å². The molecular formula is C27H29N3O3. The van der Waals surface area contributed by atoms with Gasteiger partial charge in [0.2, 0.25) is 5.95 Å². The third-order valence-corrected chi connectivity index (χ3v) is 6.62. The standard InChI is InChI=1S/C27H29N3O3/c1-29(22-14-13-19-9-7-8-10-20(19)17-22)26-28-24-18-23(33-27(31)32-2)15-16-25(24)30(26)21-11-5-3-4-6-12-21/h7-10,13-18,21H,3-6,11-12H2,1-2H3. The van der Waals surface area contributed by atoms with E-state index in [-0.39, 0.29) is 0 Å². The number of aromatic nitrogens is 2. The van der Waals surface area contributed by atoms with Gasteiger partial charge in [-0.2, -0.15) is 0 Å². The summed E-state index contributed by atoms with van der Waals surface area (Å²) < 4.78 is 12.3. The molecule has 0 aliphatic heterocycles. The summed E-state index contributed by atoms with van der Waals surface area (Å²) in [4.78, 5) is 18.8. The molecule has 0 N–H and O–H groups in total. The molecule has 1 aromatic heterocycles. The summed E-state index contributed by atoms with van der Waals surface area (Å²) in [6, 6.07) is 20.9. The molecule has 0 spiro atoms. The molecule has 6 heteroatoms. The van der Waals surface area contributed by atoms with Gasteiger partial charge in [0, 0.05) is 24.8 Å². The molecule has 0 bridgehead atoms. The molecule has 0 unspecified atom stereocenters. The maximum absolute atomic E-state index is 11.6. The second kappa shape index (κ2) is 9.14. The first-order chi connectivity index (χ1) is 16.1. The Morgan fingerprint density at radius 1 is 0.970 bits per heavy atom. The van der Waals surface area contributed by atoms with Crippen molar-refractivity contribution in [3.63, 3.8) is 0 Å². The molecule has 1 aliphatic rings. The molecule has 33 heavy (non-hydrogen) atoms. The van der Waals surface area contributed by atoms with Gasteiger partial charge in [0.15, 0.2) is 0 Å². The summed E-state index contributed by atoms with van der Waals surface area (Å²) in [5.74, 6) is 1.34. The number of fused-ring (bicyclic) bond motifs is 2. The minimum Gasteiger partial charge on any atom is -0.437 e. The summed E-state index contributed by atoms with van der Waals surface area (Å²) in [7, 11) is 3.38. The Bertz CT molecular complexity index is 1290. The molecule has 0 atom stereocenters. The summed E-state index contributed by atoms with van der Waals surface area (Å²) in [6.45, 7) is 0. The predicted molar refractivity (Wildman–Crippen MR) is 132 cm³/mol. The smallest absolute Gasteiger partial charge is 0.437 e. The molecule has 6 nitrogen and oxygen atoms in total. The fraction of sp³-hybridized carbons (Fsp3) is 0.333. The molecule has 5 rings (SSSR count). The highest BCUT2D eigenvalue weighted by atomic mass is 16.7. The highest BCUT2D eigenvalue weighted by Gasteiger charge is 2.24. The third-order valence-electron chi connectivity index (χ3n) is 6.62. The SMILES string of the molecule is COC(=O)Oc1ccc2c(c1)nc(N(C)c1ccc3ccccc3c1)n2C1CCCCCC1. The molecule has 0 radical (unpaired) electrons. The topological polar surface area (TPSA) is 56.6 Å². The molecule has 170 valence electrons. The Morgan fingerprint density at radius 2 is 1.73 bits per heavy atom. The van der Waals surface area contributed by atoms with Crippen LogP contribution in [0.1, 0.15) is 44.6 Å². The van der Waals surface area contributed by atoms with Crippen molar-refractivity contribution in [2.75, 3.05) is 19.1 Å². The van der Waals surface area contributed by atoms with Crippen LogP contribution < -0.4 is 9.64 Å². The molecule has 4 aromatic rings. The molecule has 1 heterocycles. The van der Waals surface area contributed by atoms with Gasteiger partial charge in [0.25, 0.3) is 0 Å². The number of hydrogen-bond donors (Lipinski definition) is 0. The summed E-state index contributed by atoms with van der Waals surface area (Å²) in [5.41, 5.74) is 2.95. The maximum atomic E-state index is 11.6. The number of rotatable bonds is 4. The summed E-state index contributed by atoms with van der Waals surface area (Å²) >= 11 is 0. The Morgan fingerprint density at radius 3 is 2.48 bits per heavy atom. The van der Waals surface area contributed by atoms with E-state index in [1.54, 1.807) is 0 Å². The van der Waals surface area contributed by atoms with Crippen LogP contribution in [0.2, 0.25) is 0 Å². The average Bonchev–Trinajstić information content (AvgIpc) is 3.01. The van der Waals surface area contributed by atoms with Crippen molar-refractivity contribution in [1.82, 2.24) is 9.55 Å². The van der Waals surface area contributed by atoms with Crippen molar-refractivity contribution >= 4 is 39.6 Å². The number of carbonyl (C=O) groups excluding carboxylic acids is 1. The molecule has 1 saturated carbocycles. The van der Waals surface area contributed by atoms with Crippen LogP contribution in [0.15, 0.2) is 60.7 Å².